The molecule has 1 saturated heterocycles. The van der Waals surface area contributed by atoms with Crippen LogP contribution in [0.4, 0.5) is 0 Å². The molecule has 100 valence electrons. The molecule has 1 saturated carbocycles. The van der Waals surface area contributed by atoms with Crippen molar-refractivity contribution in [1.29, 1.82) is 0 Å². The summed E-state index contributed by atoms with van der Waals surface area (Å²) in [7, 11) is 0. The zero-order valence-corrected chi connectivity index (χ0v) is 12.4. The van der Waals surface area contributed by atoms with Crippen LogP contribution in [0.3, 0.4) is 0 Å². The summed E-state index contributed by atoms with van der Waals surface area (Å²) in [5.74, 6) is 0.882. The zero-order valence-electron chi connectivity index (χ0n) is 11.6. The monoisotopic (exact) mass is 265 g/mol. The number of nitrogens with zero attached hydrogens (tertiary/aromatic N) is 2. The molecule has 0 spiro atoms. The SMILES string of the molecule is CC1(C2CC2)CN(C(C)(C)c2nccs2)CCN1. The molecule has 4 heteroatoms. The lowest BCUT2D eigenvalue weighted by molar-refractivity contribution is 0.0412. The minimum Gasteiger partial charge on any atom is -0.309 e. The van der Waals surface area contributed by atoms with Gasteiger partial charge in [-0.15, -0.1) is 11.3 Å². The zero-order chi connectivity index (χ0) is 12.8. The second kappa shape index (κ2) is 4.29. The summed E-state index contributed by atoms with van der Waals surface area (Å²) >= 11 is 1.77. The van der Waals surface area contributed by atoms with Gasteiger partial charge in [0.05, 0.1) is 5.54 Å². The predicted octanol–water partition coefficient (Wildman–Crippen LogP) is 2.45. The molecule has 1 aromatic heterocycles. The van der Waals surface area contributed by atoms with Gasteiger partial charge >= 0.3 is 0 Å². The Morgan fingerprint density at radius 1 is 1.50 bits per heavy atom. The quantitative estimate of drug-likeness (QED) is 0.910. The lowest BCUT2D eigenvalue weighted by Crippen LogP contribution is -2.63. The molecule has 1 atom stereocenters. The van der Waals surface area contributed by atoms with E-state index in [0.29, 0.717) is 5.54 Å². The molecule has 2 heterocycles. The summed E-state index contributed by atoms with van der Waals surface area (Å²) in [6, 6.07) is 0. The van der Waals surface area contributed by atoms with Crippen molar-refractivity contribution in [2.75, 3.05) is 19.6 Å². The van der Waals surface area contributed by atoms with Crippen molar-refractivity contribution in [3.63, 3.8) is 0 Å². The Bertz CT molecular complexity index is 411. The summed E-state index contributed by atoms with van der Waals surface area (Å²) in [5, 5.41) is 7.07. The first-order chi connectivity index (χ1) is 8.52. The first kappa shape index (κ1) is 12.6. The van der Waals surface area contributed by atoms with Gasteiger partial charge in [0.1, 0.15) is 5.01 Å². The first-order valence-electron chi connectivity index (χ1n) is 6.92. The number of piperazine rings is 1. The highest BCUT2D eigenvalue weighted by Gasteiger charge is 2.46. The Morgan fingerprint density at radius 3 is 2.89 bits per heavy atom. The molecule has 3 rings (SSSR count). The standard InChI is InChI=1S/C14H23N3S/c1-13(2,12-15-7-9-18-12)17-8-6-16-14(3,10-17)11-4-5-11/h7,9,11,16H,4-6,8,10H2,1-3H3. The molecule has 1 unspecified atom stereocenters. The third-order valence-electron chi connectivity index (χ3n) is 4.65. The van der Waals surface area contributed by atoms with E-state index in [1.54, 1.807) is 11.3 Å². The lowest BCUT2D eigenvalue weighted by Gasteiger charge is -2.48. The first-order valence-corrected chi connectivity index (χ1v) is 7.80. The van der Waals surface area contributed by atoms with Crippen LogP contribution in [-0.4, -0.2) is 35.1 Å². The summed E-state index contributed by atoms with van der Waals surface area (Å²) in [6.07, 6.45) is 4.72. The number of hydrogen-bond acceptors (Lipinski definition) is 4. The Labute approximate surface area is 114 Å². The van der Waals surface area contributed by atoms with E-state index in [4.69, 9.17) is 0 Å². The van der Waals surface area contributed by atoms with Gasteiger partial charge in [-0.1, -0.05) is 0 Å². The fourth-order valence-corrected chi connectivity index (χ4v) is 3.93. The summed E-state index contributed by atoms with van der Waals surface area (Å²) in [5.41, 5.74) is 0.374. The Hall–Kier alpha value is -0.450. The average Bonchev–Trinajstić information content (AvgIpc) is 3.06. The van der Waals surface area contributed by atoms with E-state index in [0.717, 1.165) is 25.6 Å². The fourth-order valence-electron chi connectivity index (χ4n) is 3.14. The van der Waals surface area contributed by atoms with Crippen LogP contribution < -0.4 is 5.32 Å². The minimum absolute atomic E-state index is 0.0619. The van der Waals surface area contributed by atoms with E-state index in [-0.39, 0.29) is 5.54 Å². The van der Waals surface area contributed by atoms with Gasteiger partial charge in [0.2, 0.25) is 0 Å². The molecular weight excluding hydrogens is 242 g/mol. The topological polar surface area (TPSA) is 28.2 Å². The number of rotatable bonds is 3. The Kier molecular flexibility index (Phi) is 3.00. The van der Waals surface area contributed by atoms with Gasteiger partial charge < -0.3 is 5.32 Å². The second-order valence-corrected chi connectivity index (χ2v) is 7.33. The number of aromatic nitrogens is 1. The summed E-state index contributed by atoms with van der Waals surface area (Å²) in [6.45, 7) is 10.4. The minimum atomic E-state index is 0.0619. The van der Waals surface area contributed by atoms with Crippen LogP contribution >= 0.6 is 11.3 Å². The third kappa shape index (κ3) is 2.10. The van der Waals surface area contributed by atoms with E-state index in [9.17, 15) is 0 Å². The van der Waals surface area contributed by atoms with E-state index in [2.05, 4.69) is 41.4 Å². The van der Waals surface area contributed by atoms with Crippen molar-refractivity contribution in [2.24, 2.45) is 5.92 Å². The molecule has 3 nitrogen and oxygen atoms in total. The predicted molar refractivity (Wildman–Crippen MR) is 75.8 cm³/mol. The second-order valence-electron chi connectivity index (χ2n) is 6.44. The van der Waals surface area contributed by atoms with Crippen LogP contribution in [0.25, 0.3) is 0 Å². The van der Waals surface area contributed by atoms with Crippen molar-refractivity contribution >= 4 is 11.3 Å². The van der Waals surface area contributed by atoms with Gasteiger partial charge in [-0.25, -0.2) is 4.98 Å². The van der Waals surface area contributed by atoms with Gasteiger partial charge in [-0.3, -0.25) is 4.90 Å². The van der Waals surface area contributed by atoms with Crippen LogP contribution in [-0.2, 0) is 5.54 Å². The molecule has 1 aliphatic heterocycles. The number of thiazole rings is 1. The fraction of sp³-hybridized carbons (Fsp3) is 0.786. The number of hydrogen-bond donors (Lipinski definition) is 1. The normalized spacial score (nSPS) is 30.6. The van der Waals surface area contributed by atoms with Gasteiger partial charge in [0.25, 0.3) is 0 Å². The van der Waals surface area contributed by atoms with E-state index >= 15 is 0 Å². The molecule has 2 fully saturated rings. The van der Waals surface area contributed by atoms with E-state index in [1.807, 2.05) is 6.20 Å². The van der Waals surface area contributed by atoms with Crippen molar-refractivity contribution in [1.82, 2.24) is 15.2 Å². The maximum atomic E-state index is 4.53. The Balaban J connectivity index is 1.79. The summed E-state index contributed by atoms with van der Waals surface area (Å²) in [4.78, 5) is 7.14. The largest absolute Gasteiger partial charge is 0.309 e. The van der Waals surface area contributed by atoms with Gasteiger partial charge in [0.15, 0.2) is 0 Å². The highest BCUT2D eigenvalue weighted by Crippen LogP contribution is 2.42. The van der Waals surface area contributed by atoms with Crippen molar-refractivity contribution in [3.05, 3.63) is 16.6 Å². The van der Waals surface area contributed by atoms with Crippen molar-refractivity contribution in [3.8, 4) is 0 Å². The van der Waals surface area contributed by atoms with Crippen LogP contribution in [0.5, 0.6) is 0 Å². The lowest BCUT2D eigenvalue weighted by atomic mass is 9.90. The molecule has 0 bridgehead atoms. The van der Waals surface area contributed by atoms with Crippen molar-refractivity contribution < 1.29 is 0 Å². The highest BCUT2D eigenvalue weighted by molar-refractivity contribution is 7.09. The van der Waals surface area contributed by atoms with Gasteiger partial charge in [-0.2, -0.15) is 0 Å². The van der Waals surface area contributed by atoms with Crippen LogP contribution in [0.2, 0.25) is 0 Å². The number of nitrogens with one attached hydrogen (secondary N) is 1. The molecule has 2 aliphatic rings. The van der Waals surface area contributed by atoms with Crippen LogP contribution in [0, 0.1) is 5.92 Å². The van der Waals surface area contributed by atoms with Crippen LogP contribution in [0.1, 0.15) is 38.6 Å². The molecule has 1 aliphatic carbocycles. The molecule has 0 amide bonds. The molecule has 1 aromatic rings. The average molecular weight is 265 g/mol. The van der Waals surface area contributed by atoms with E-state index < -0.39 is 0 Å². The third-order valence-corrected chi connectivity index (χ3v) is 5.74. The maximum Gasteiger partial charge on any atom is 0.112 e. The molecule has 18 heavy (non-hydrogen) atoms. The molecule has 0 aromatic carbocycles. The van der Waals surface area contributed by atoms with Crippen LogP contribution in [0.15, 0.2) is 11.6 Å². The van der Waals surface area contributed by atoms with Gasteiger partial charge in [0, 0.05) is 36.8 Å². The molecule has 0 radical (unpaired) electrons. The smallest absolute Gasteiger partial charge is 0.112 e. The van der Waals surface area contributed by atoms with Crippen molar-refractivity contribution in [2.45, 2.75) is 44.7 Å². The van der Waals surface area contributed by atoms with E-state index in [1.165, 1.54) is 17.8 Å². The maximum absolute atomic E-state index is 4.53. The summed E-state index contributed by atoms with van der Waals surface area (Å²) < 4.78 is 0. The highest BCUT2D eigenvalue weighted by atomic mass is 32.1. The molecule has 1 N–H and O–H groups in total. The Morgan fingerprint density at radius 2 is 2.28 bits per heavy atom. The molecular formula is C14H23N3S. The van der Waals surface area contributed by atoms with Gasteiger partial charge in [-0.05, 0) is 39.5 Å².